The molecule has 7 nitrogen and oxygen atoms in total. The molecule has 0 aliphatic heterocycles. The molecule has 0 atom stereocenters. The SMILES string of the molecule is Cn1c(=O)n(Cc2ccccc2Cl)c(=O)c2cnc(-c3cccnc3)nc21. The maximum atomic E-state index is 12.9. The first-order valence-electron chi connectivity index (χ1n) is 8.16. The van der Waals surface area contributed by atoms with Crippen molar-refractivity contribution in [1.82, 2.24) is 24.1 Å². The molecule has 0 saturated heterocycles. The molecule has 27 heavy (non-hydrogen) atoms. The van der Waals surface area contributed by atoms with Crippen molar-refractivity contribution >= 4 is 22.6 Å². The number of halogens is 1. The van der Waals surface area contributed by atoms with E-state index in [0.29, 0.717) is 22.0 Å². The Balaban J connectivity index is 1.90. The first-order valence-corrected chi connectivity index (χ1v) is 8.54. The summed E-state index contributed by atoms with van der Waals surface area (Å²) in [6, 6.07) is 10.7. The molecule has 8 heteroatoms. The van der Waals surface area contributed by atoms with Gasteiger partial charge in [-0.3, -0.25) is 18.9 Å². The molecule has 4 rings (SSSR count). The lowest BCUT2D eigenvalue weighted by atomic mass is 10.2. The van der Waals surface area contributed by atoms with Gasteiger partial charge in [0.05, 0.1) is 6.54 Å². The molecule has 0 radical (unpaired) electrons. The lowest BCUT2D eigenvalue weighted by Crippen LogP contribution is -2.39. The van der Waals surface area contributed by atoms with E-state index in [1.807, 2.05) is 6.07 Å². The van der Waals surface area contributed by atoms with Crippen LogP contribution >= 0.6 is 11.6 Å². The van der Waals surface area contributed by atoms with Crippen molar-refractivity contribution in [2.75, 3.05) is 0 Å². The lowest BCUT2D eigenvalue weighted by molar-refractivity contribution is 0.656. The highest BCUT2D eigenvalue weighted by Crippen LogP contribution is 2.17. The third-order valence-corrected chi connectivity index (χ3v) is 4.65. The molecule has 0 N–H and O–H groups in total. The summed E-state index contributed by atoms with van der Waals surface area (Å²) in [6.07, 6.45) is 4.71. The molecule has 1 aromatic carbocycles. The van der Waals surface area contributed by atoms with Gasteiger partial charge in [0.2, 0.25) is 0 Å². The van der Waals surface area contributed by atoms with E-state index in [4.69, 9.17) is 11.6 Å². The van der Waals surface area contributed by atoms with E-state index < -0.39 is 11.2 Å². The predicted molar refractivity (Wildman–Crippen MR) is 103 cm³/mol. The van der Waals surface area contributed by atoms with Gasteiger partial charge in [-0.25, -0.2) is 14.8 Å². The van der Waals surface area contributed by atoms with E-state index in [1.54, 1.807) is 49.8 Å². The first kappa shape index (κ1) is 17.1. The van der Waals surface area contributed by atoms with Crippen LogP contribution in [0.2, 0.25) is 5.02 Å². The Kier molecular flexibility index (Phi) is 4.29. The highest BCUT2D eigenvalue weighted by molar-refractivity contribution is 6.31. The molecule has 0 amide bonds. The second kappa shape index (κ2) is 6.77. The van der Waals surface area contributed by atoms with E-state index in [0.717, 1.165) is 4.57 Å². The fraction of sp³-hybridized carbons (Fsp3) is 0.105. The molecule has 0 spiro atoms. The van der Waals surface area contributed by atoms with Gasteiger partial charge in [0.15, 0.2) is 11.5 Å². The summed E-state index contributed by atoms with van der Waals surface area (Å²) < 4.78 is 2.48. The van der Waals surface area contributed by atoms with Gasteiger partial charge in [-0.2, -0.15) is 0 Å². The highest BCUT2D eigenvalue weighted by Gasteiger charge is 2.15. The standard InChI is InChI=1S/C19H14ClN5O2/c1-24-17-14(10-22-16(23-17)12-6-4-8-21-9-12)18(26)25(19(24)27)11-13-5-2-3-7-15(13)20/h2-10H,11H2,1H3. The minimum Gasteiger partial charge on any atom is -0.280 e. The maximum absolute atomic E-state index is 12.9. The van der Waals surface area contributed by atoms with Crippen LogP contribution in [0, 0.1) is 0 Å². The Morgan fingerprint density at radius 3 is 2.63 bits per heavy atom. The largest absolute Gasteiger partial charge is 0.332 e. The summed E-state index contributed by atoms with van der Waals surface area (Å²) in [4.78, 5) is 38.4. The summed E-state index contributed by atoms with van der Waals surface area (Å²) in [5, 5.41) is 0.756. The van der Waals surface area contributed by atoms with E-state index >= 15 is 0 Å². The Morgan fingerprint density at radius 2 is 1.89 bits per heavy atom. The average Bonchev–Trinajstić information content (AvgIpc) is 2.71. The first-order chi connectivity index (χ1) is 13.1. The Hall–Kier alpha value is -3.32. The number of hydrogen-bond acceptors (Lipinski definition) is 5. The summed E-state index contributed by atoms with van der Waals surface area (Å²) in [5.41, 5.74) is 0.737. The van der Waals surface area contributed by atoms with Crippen molar-refractivity contribution in [3.63, 3.8) is 0 Å². The van der Waals surface area contributed by atoms with Crippen LogP contribution in [0.4, 0.5) is 0 Å². The normalized spacial score (nSPS) is 11.0. The number of aryl methyl sites for hydroxylation is 1. The Bertz CT molecular complexity index is 1260. The molecule has 0 unspecified atom stereocenters. The minimum atomic E-state index is -0.469. The van der Waals surface area contributed by atoms with Crippen LogP contribution in [0.25, 0.3) is 22.4 Å². The molecular formula is C19H14ClN5O2. The number of benzene rings is 1. The summed E-state index contributed by atoms with van der Waals surface area (Å²) in [6.45, 7) is 0.0749. The van der Waals surface area contributed by atoms with E-state index in [-0.39, 0.29) is 17.6 Å². The molecule has 3 aromatic heterocycles. The van der Waals surface area contributed by atoms with Crippen molar-refractivity contribution in [3.05, 3.63) is 86.4 Å². The van der Waals surface area contributed by atoms with Gasteiger partial charge in [-0.1, -0.05) is 29.8 Å². The smallest absolute Gasteiger partial charge is 0.280 e. The van der Waals surface area contributed by atoms with Gasteiger partial charge in [0.1, 0.15) is 5.39 Å². The van der Waals surface area contributed by atoms with Crippen LogP contribution in [0.1, 0.15) is 5.56 Å². The van der Waals surface area contributed by atoms with E-state index in [1.165, 1.54) is 10.8 Å². The van der Waals surface area contributed by atoms with Crippen molar-refractivity contribution in [3.8, 4) is 11.4 Å². The molecule has 4 aromatic rings. The van der Waals surface area contributed by atoms with Gasteiger partial charge >= 0.3 is 5.69 Å². The fourth-order valence-corrected chi connectivity index (χ4v) is 3.05. The topological polar surface area (TPSA) is 82.7 Å². The number of nitrogens with zero attached hydrogens (tertiary/aromatic N) is 5. The summed E-state index contributed by atoms with van der Waals surface area (Å²) >= 11 is 6.17. The Labute approximate surface area is 158 Å². The zero-order chi connectivity index (χ0) is 19.0. The van der Waals surface area contributed by atoms with Crippen LogP contribution in [0.5, 0.6) is 0 Å². The summed E-state index contributed by atoms with van der Waals surface area (Å²) in [5.74, 6) is 0.397. The zero-order valence-electron chi connectivity index (χ0n) is 14.3. The second-order valence-corrected chi connectivity index (χ2v) is 6.40. The minimum absolute atomic E-state index is 0.0749. The third kappa shape index (κ3) is 3.02. The molecule has 0 aliphatic carbocycles. The predicted octanol–water partition coefficient (Wildman–Crippen LogP) is 2.25. The monoisotopic (exact) mass is 379 g/mol. The fourth-order valence-electron chi connectivity index (χ4n) is 2.85. The molecule has 0 fully saturated rings. The average molecular weight is 380 g/mol. The number of aromatic nitrogens is 5. The van der Waals surface area contributed by atoms with Crippen LogP contribution in [0.3, 0.4) is 0 Å². The Morgan fingerprint density at radius 1 is 1.07 bits per heavy atom. The van der Waals surface area contributed by atoms with Crippen LogP contribution in [-0.2, 0) is 13.6 Å². The van der Waals surface area contributed by atoms with Crippen LogP contribution in [-0.4, -0.2) is 24.1 Å². The van der Waals surface area contributed by atoms with Gasteiger partial charge < -0.3 is 0 Å². The van der Waals surface area contributed by atoms with Crippen LogP contribution < -0.4 is 11.2 Å². The van der Waals surface area contributed by atoms with E-state index in [2.05, 4.69) is 15.0 Å². The number of hydrogen-bond donors (Lipinski definition) is 0. The number of fused-ring (bicyclic) bond motifs is 1. The van der Waals surface area contributed by atoms with Crippen LogP contribution in [0.15, 0.2) is 64.6 Å². The van der Waals surface area contributed by atoms with Gasteiger partial charge in [-0.05, 0) is 23.8 Å². The van der Waals surface area contributed by atoms with Crippen molar-refractivity contribution < 1.29 is 0 Å². The number of rotatable bonds is 3. The quantitative estimate of drug-likeness (QED) is 0.545. The zero-order valence-corrected chi connectivity index (χ0v) is 15.1. The molecule has 0 aliphatic rings. The van der Waals surface area contributed by atoms with E-state index in [9.17, 15) is 9.59 Å². The molecular weight excluding hydrogens is 366 g/mol. The molecule has 0 saturated carbocycles. The van der Waals surface area contributed by atoms with Crippen molar-refractivity contribution in [2.24, 2.45) is 7.05 Å². The third-order valence-electron chi connectivity index (χ3n) is 4.29. The van der Waals surface area contributed by atoms with Gasteiger partial charge in [-0.15, -0.1) is 0 Å². The molecule has 0 bridgehead atoms. The van der Waals surface area contributed by atoms with Crippen molar-refractivity contribution in [1.29, 1.82) is 0 Å². The van der Waals surface area contributed by atoms with Gasteiger partial charge in [0, 0.05) is 36.2 Å². The summed E-state index contributed by atoms with van der Waals surface area (Å²) in [7, 11) is 1.58. The highest BCUT2D eigenvalue weighted by atomic mass is 35.5. The van der Waals surface area contributed by atoms with Gasteiger partial charge in [0.25, 0.3) is 5.56 Å². The lowest BCUT2D eigenvalue weighted by Gasteiger charge is -2.11. The van der Waals surface area contributed by atoms with Crippen molar-refractivity contribution in [2.45, 2.75) is 6.54 Å². The maximum Gasteiger partial charge on any atom is 0.332 e. The number of pyridine rings is 1. The second-order valence-electron chi connectivity index (χ2n) is 6.00. The molecule has 3 heterocycles. The molecule has 134 valence electrons.